The molecule has 1 rings (SSSR count). The molecule has 0 aliphatic heterocycles. The molecule has 1 aromatic carbocycles. The molecule has 6 heteroatoms. The van der Waals surface area contributed by atoms with Crippen molar-refractivity contribution in [3.05, 3.63) is 35.4 Å². The lowest BCUT2D eigenvalue weighted by Gasteiger charge is -1.92. The van der Waals surface area contributed by atoms with Crippen LogP contribution in [0.15, 0.2) is 24.3 Å². The van der Waals surface area contributed by atoms with Gasteiger partial charge >= 0.3 is 13.3 Å². The summed E-state index contributed by atoms with van der Waals surface area (Å²) in [6.07, 6.45) is 0. The summed E-state index contributed by atoms with van der Waals surface area (Å²) in [5.74, 6) is -0.875. The lowest BCUT2D eigenvalue weighted by Crippen LogP contribution is -2.07. The second-order valence-electron chi connectivity index (χ2n) is 2.52. The summed E-state index contributed by atoms with van der Waals surface area (Å²) in [5.41, 5.74) is 1.41. The monoisotopic (exact) mass is 198 g/mol. The smallest absolute Gasteiger partial charge is 0.478 e. The Morgan fingerprint density at radius 1 is 1.14 bits per heavy atom. The first kappa shape index (κ1) is 12.6. The van der Waals surface area contributed by atoms with Crippen LogP contribution < -0.4 is 0 Å². The lowest BCUT2D eigenvalue weighted by molar-refractivity contribution is 0.0697. The fraction of sp³-hybridized carbons (Fsp3) is 0.125. The molecule has 0 aromatic heterocycles. The molecule has 4 N–H and O–H groups in total. The zero-order chi connectivity index (χ0) is 11.1. The van der Waals surface area contributed by atoms with E-state index in [1.54, 1.807) is 24.3 Å². The van der Waals surface area contributed by atoms with E-state index in [1.807, 2.05) is 6.92 Å². The molecule has 1 aromatic rings. The Balaban J connectivity index is 0.000000364. The normalized spacial score (nSPS) is 8.57. The van der Waals surface area contributed by atoms with Crippen molar-refractivity contribution in [3.8, 4) is 0 Å². The van der Waals surface area contributed by atoms with Gasteiger partial charge in [0.15, 0.2) is 0 Å². The summed E-state index contributed by atoms with van der Waals surface area (Å²) >= 11 is 0. The number of hydrogen-bond donors (Lipinski definition) is 4. The van der Waals surface area contributed by atoms with Gasteiger partial charge in [0.05, 0.1) is 5.56 Å². The van der Waals surface area contributed by atoms with Gasteiger partial charge < -0.3 is 20.2 Å². The van der Waals surface area contributed by atoms with E-state index in [2.05, 4.69) is 0 Å². The van der Waals surface area contributed by atoms with Gasteiger partial charge in [0, 0.05) is 0 Å². The molecule has 0 amide bonds. The van der Waals surface area contributed by atoms with Gasteiger partial charge in [-0.15, -0.1) is 0 Å². The average Bonchev–Trinajstić information content (AvgIpc) is 2.03. The molecular formula is C8H11BO5. The molecule has 0 unspecified atom stereocenters. The molecular weight excluding hydrogens is 187 g/mol. The molecule has 0 atom stereocenters. The van der Waals surface area contributed by atoms with E-state index in [0.29, 0.717) is 5.56 Å². The summed E-state index contributed by atoms with van der Waals surface area (Å²) in [4.78, 5) is 10.3. The molecule has 0 heterocycles. The van der Waals surface area contributed by atoms with Crippen molar-refractivity contribution in [2.24, 2.45) is 0 Å². The van der Waals surface area contributed by atoms with E-state index in [4.69, 9.17) is 20.2 Å². The van der Waals surface area contributed by atoms with Crippen LogP contribution >= 0.6 is 0 Å². The summed E-state index contributed by atoms with van der Waals surface area (Å²) in [7, 11) is -2.17. The summed E-state index contributed by atoms with van der Waals surface area (Å²) in [5, 5.41) is 30.0. The van der Waals surface area contributed by atoms with E-state index in [9.17, 15) is 4.79 Å². The Labute approximate surface area is 81.4 Å². The van der Waals surface area contributed by atoms with Gasteiger partial charge in [-0.25, -0.2) is 4.79 Å². The Kier molecular flexibility index (Phi) is 5.54. The van der Waals surface area contributed by atoms with Crippen LogP contribution in [0.2, 0.25) is 0 Å². The van der Waals surface area contributed by atoms with Gasteiger partial charge in [-0.2, -0.15) is 0 Å². The number of rotatable bonds is 1. The molecule has 14 heavy (non-hydrogen) atoms. The molecule has 0 saturated heterocycles. The summed E-state index contributed by atoms with van der Waals surface area (Å²) in [6, 6.07) is 6.75. The average molecular weight is 198 g/mol. The summed E-state index contributed by atoms with van der Waals surface area (Å²) < 4.78 is 0. The highest BCUT2D eigenvalue weighted by atomic mass is 16.5. The minimum Gasteiger partial charge on any atom is -0.478 e. The number of aromatic carboxylic acids is 1. The zero-order valence-electron chi connectivity index (χ0n) is 7.58. The van der Waals surface area contributed by atoms with Crippen LogP contribution in [0.1, 0.15) is 15.9 Å². The highest BCUT2D eigenvalue weighted by molar-refractivity contribution is 6.30. The number of carboxylic acid groups (broad SMARTS) is 1. The fourth-order valence-electron chi connectivity index (χ4n) is 0.696. The second kappa shape index (κ2) is 6.14. The van der Waals surface area contributed by atoms with E-state index in [0.717, 1.165) is 5.56 Å². The maximum atomic E-state index is 10.3. The quantitative estimate of drug-likeness (QED) is 0.462. The molecule has 0 spiro atoms. The van der Waals surface area contributed by atoms with Crippen molar-refractivity contribution in [3.63, 3.8) is 0 Å². The van der Waals surface area contributed by atoms with Crippen LogP contribution in [0.5, 0.6) is 0 Å². The van der Waals surface area contributed by atoms with Crippen LogP contribution in [-0.2, 0) is 0 Å². The van der Waals surface area contributed by atoms with Crippen molar-refractivity contribution >= 4 is 13.3 Å². The molecule has 5 nitrogen and oxygen atoms in total. The van der Waals surface area contributed by atoms with Crippen molar-refractivity contribution < 1.29 is 25.0 Å². The zero-order valence-corrected chi connectivity index (χ0v) is 7.58. The maximum absolute atomic E-state index is 10.3. The minimum absolute atomic E-state index is 0.339. The SMILES string of the molecule is Cc1ccc(C(=O)O)cc1.OB(O)O. The lowest BCUT2D eigenvalue weighted by atomic mass is 10.2. The predicted molar refractivity (Wildman–Crippen MR) is 50.5 cm³/mol. The third kappa shape index (κ3) is 6.18. The number of aryl methyl sites for hydroxylation is 1. The van der Waals surface area contributed by atoms with Gasteiger partial charge in [0.2, 0.25) is 0 Å². The topological polar surface area (TPSA) is 98.0 Å². The molecule has 0 saturated carbocycles. The summed E-state index contributed by atoms with van der Waals surface area (Å²) in [6.45, 7) is 1.92. The van der Waals surface area contributed by atoms with E-state index < -0.39 is 13.3 Å². The van der Waals surface area contributed by atoms with Crippen molar-refractivity contribution in [2.45, 2.75) is 6.92 Å². The molecule has 0 bridgehead atoms. The first-order valence-corrected chi connectivity index (χ1v) is 3.77. The molecule has 0 radical (unpaired) electrons. The molecule has 0 fully saturated rings. The van der Waals surface area contributed by atoms with Gasteiger partial charge in [0.1, 0.15) is 0 Å². The highest BCUT2D eigenvalue weighted by Gasteiger charge is 1.98. The second-order valence-corrected chi connectivity index (χ2v) is 2.52. The fourth-order valence-corrected chi connectivity index (χ4v) is 0.696. The predicted octanol–water partition coefficient (Wildman–Crippen LogP) is -0.359. The Hall–Kier alpha value is -1.37. The van der Waals surface area contributed by atoms with Crippen molar-refractivity contribution in [1.82, 2.24) is 0 Å². The van der Waals surface area contributed by atoms with Gasteiger partial charge in [-0.05, 0) is 19.1 Å². The van der Waals surface area contributed by atoms with Gasteiger partial charge in [0.25, 0.3) is 0 Å². The Morgan fingerprint density at radius 2 is 1.50 bits per heavy atom. The number of carbonyl (C=O) groups is 1. The Morgan fingerprint density at radius 3 is 1.79 bits per heavy atom. The van der Waals surface area contributed by atoms with Crippen molar-refractivity contribution in [1.29, 1.82) is 0 Å². The van der Waals surface area contributed by atoms with Crippen LogP contribution in [0.3, 0.4) is 0 Å². The molecule has 0 aliphatic carbocycles. The first-order valence-electron chi connectivity index (χ1n) is 3.77. The number of carboxylic acids is 1. The minimum atomic E-state index is -2.17. The third-order valence-corrected chi connectivity index (χ3v) is 1.30. The molecule has 76 valence electrons. The standard InChI is InChI=1S/C8H8O2.BH3O3/c1-6-2-4-7(5-3-6)8(9)10;2-1(3)4/h2-5H,1H3,(H,9,10);2-4H. The van der Waals surface area contributed by atoms with Crippen LogP contribution in [0.4, 0.5) is 0 Å². The number of benzene rings is 1. The van der Waals surface area contributed by atoms with E-state index >= 15 is 0 Å². The highest BCUT2D eigenvalue weighted by Crippen LogP contribution is 2.01. The van der Waals surface area contributed by atoms with Crippen LogP contribution in [-0.4, -0.2) is 33.5 Å². The Bertz CT molecular complexity index is 280. The first-order chi connectivity index (χ1) is 6.43. The van der Waals surface area contributed by atoms with Gasteiger partial charge in [-0.3, -0.25) is 0 Å². The van der Waals surface area contributed by atoms with E-state index in [-0.39, 0.29) is 0 Å². The van der Waals surface area contributed by atoms with Gasteiger partial charge in [-0.1, -0.05) is 17.7 Å². The van der Waals surface area contributed by atoms with E-state index in [1.165, 1.54) is 0 Å². The largest absolute Gasteiger partial charge is 0.631 e. The third-order valence-electron chi connectivity index (χ3n) is 1.30. The molecule has 0 aliphatic rings. The number of hydrogen-bond acceptors (Lipinski definition) is 4. The maximum Gasteiger partial charge on any atom is 0.631 e. The van der Waals surface area contributed by atoms with Crippen molar-refractivity contribution in [2.75, 3.05) is 0 Å². The van der Waals surface area contributed by atoms with Crippen LogP contribution in [0.25, 0.3) is 0 Å². The van der Waals surface area contributed by atoms with Crippen LogP contribution in [0, 0.1) is 6.92 Å².